The Morgan fingerprint density at radius 2 is 2.15 bits per heavy atom. The van der Waals surface area contributed by atoms with Crippen molar-refractivity contribution in [3.05, 3.63) is 35.4 Å². The largest absolute Gasteiger partial charge is 0.342 e. The highest BCUT2D eigenvalue weighted by Crippen LogP contribution is 2.28. The van der Waals surface area contributed by atoms with Crippen LogP contribution in [0.1, 0.15) is 25.8 Å². The number of hydrogen-bond donors (Lipinski definition) is 1. The molecule has 1 aromatic carbocycles. The lowest BCUT2D eigenvalue weighted by Crippen LogP contribution is -2.54. The van der Waals surface area contributed by atoms with Crippen LogP contribution in [-0.4, -0.2) is 29.9 Å². The molecule has 3 nitrogen and oxygen atoms in total. The lowest BCUT2D eigenvalue weighted by atomic mass is 9.79. The molecule has 1 unspecified atom stereocenters. The number of nitrogens with two attached hydrogens (primary N) is 1. The first-order valence-electron chi connectivity index (χ1n) is 6.77. The molecule has 0 bridgehead atoms. The molecule has 0 aliphatic carbocycles. The molecule has 1 aliphatic heterocycles. The lowest BCUT2D eigenvalue weighted by Gasteiger charge is -2.42. The number of likely N-dealkylation sites (tertiary alicyclic amines) is 1. The van der Waals surface area contributed by atoms with Crippen LogP contribution in [0.5, 0.6) is 0 Å². The second-order valence-corrected chi connectivity index (χ2v) is 6.11. The van der Waals surface area contributed by atoms with Crippen LogP contribution < -0.4 is 5.73 Å². The first-order valence-corrected chi connectivity index (χ1v) is 6.77. The molecule has 1 amide bonds. The Kier molecular flexibility index (Phi) is 4.09. The molecule has 1 aromatic rings. The van der Waals surface area contributed by atoms with Crippen LogP contribution in [0.4, 0.5) is 8.78 Å². The van der Waals surface area contributed by atoms with Gasteiger partial charge in [0.05, 0.1) is 6.42 Å². The van der Waals surface area contributed by atoms with Gasteiger partial charge in [-0.2, -0.15) is 0 Å². The number of carbonyl (C=O) groups excluding carboxylic acids is 1. The fourth-order valence-electron chi connectivity index (χ4n) is 2.54. The fourth-order valence-corrected chi connectivity index (χ4v) is 2.54. The summed E-state index contributed by atoms with van der Waals surface area (Å²) < 4.78 is 26.7. The molecule has 1 fully saturated rings. The molecule has 0 saturated carbocycles. The van der Waals surface area contributed by atoms with Gasteiger partial charge in [-0.15, -0.1) is 0 Å². The van der Waals surface area contributed by atoms with E-state index in [1.165, 1.54) is 0 Å². The first kappa shape index (κ1) is 14.9. The van der Waals surface area contributed by atoms with Crippen molar-refractivity contribution >= 4 is 5.91 Å². The zero-order valence-corrected chi connectivity index (χ0v) is 11.8. The van der Waals surface area contributed by atoms with Gasteiger partial charge in [-0.1, -0.05) is 13.8 Å². The van der Waals surface area contributed by atoms with E-state index in [9.17, 15) is 13.6 Å². The van der Waals surface area contributed by atoms with Gasteiger partial charge in [-0.05, 0) is 30.0 Å². The van der Waals surface area contributed by atoms with Crippen molar-refractivity contribution in [2.45, 2.75) is 32.7 Å². The Morgan fingerprint density at radius 1 is 1.45 bits per heavy atom. The van der Waals surface area contributed by atoms with E-state index in [2.05, 4.69) is 0 Å². The molecule has 1 atom stereocenters. The summed E-state index contributed by atoms with van der Waals surface area (Å²) in [6, 6.07) is 3.23. The van der Waals surface area contributed by atoms with Crippen LogP contribution in [-0.2, 0) is 11.2 Å². The zero-order valence-electron chi connectivity index (χ0n) is 11.8. The third-order valence-corrected chi connectivity index (χ3v) is 4.01. The molecule has 110 valence electrons. The molecule has 0 radical (unpaired) electrons. The van der Waals surface area contributed by atoms with Gasteiger partial charge in [0, 0.05) is 24.7 Å². The molecule has 2 N–H and O–H groups in total. The molecule has 0 aromatic heterocycles. The van der Waals surface area contributed by atoms with E-state index in [0.717, 1.165) is 24.6 Å². The minimum atomic E-state index is -0.548. The number of halogens is 2. The number of carbonyl (C=O) groups is 1. The number of amides is 1. The Hall–Kier alpha value is -1.49. The maximum Gasteiger partial charge on any atom is 0.227 e. The molecule has 2 rings (SSSR count). The predicted octanol–water partition coefficient (Wildman–Crippen LogP) is 2.09. The van der Waals surface area contributed by atoms with Crippen molar-refractivity contribution in [2.24, 2.45) is 11.1 Å². The Morgan fingerprint density at radius 3 is 2.80 bits per heavy atom. The van der Waals surface area contributed by atoms with Crippen molar-refractivity contribution < 1.29 is 13.6 Å². The number of hydrogen-bond acceptors (Lipinski definition) is 2. The van der Waals surface area contributed by atoms with Gasteiger partial charge in [0.1, 0.15) is 11.6 Å². The zero-order chi connectivity index (χ0) is 14.9. The Bertz CT molecular complexity index is 517. The van der Waals surface area contributed by atoms with E-state index in [1.807, 2.05) is 13.8 Å². The SMILES string of the molecule is CC1(C)CN(C(=O)Cc2cc(F)ccc2F)CCC1N. The van der Waals surface area contributed by atoms with E-state index in [4.69, 9.17) is 5.73 Å². The monoisotopic (exact) mass is 282 g/mol. The van der Waals surface area contributed by atoms with Gasteiger partial charge in [-0.3, -0.25) is 4.79 Å². The van der Waals surface area contributed by atoms with Crippen LogP contribution in [0.25, 0.3) is 0 Å². The predicted molar refractivity (Wildman–Crippen MR) is 73.0 cm³/mol. The van der Waals surface area contributed by atoms with Crippen molar-refractivity contribution in [2.75, 3.05) is 13.1 Å². The number of rotatable bonds is 2. The van der Waals surface area contributed by atoms with Gasteiger partial charge >= 0.3 is 0 Å². The van der Waals surface area contributed by atoms with Crippen LogP contribution >= 0.6 is 0 Å². The Balaban J connectivity index is 2.07. The summed E-state index contributed by atoms with van der Waals surface area (Å²) in [4.78, 5) is 13.9. The molecular weight excluding hydrogens is 262 g/mol. The maximum absolute atomic E-state index is 13.6. The van der Waals surface area contributed by atoms with E-state index < -0.39 is 11.6 Å². The highest BCUT2D eigenvalue weighted by Gasteiger charge is 2.35. The summed E-state index contributed by atoms with van der Waals surface area (Å²) >= 11 is 0. The maximum atomic E-state index is 13.6. The highest BCUT2D eigenvalue weighted by molar-refractivity contribution is 5.79. The standard InChI is InChI=1S/C15H20F2N2O/c1-15(2)9-19(6-5-13(15)18)14(20)8-10-7-11(16)3-4-12(10)17/h3-4,7,13H,5-6,8-9,18H2,1-2H3. The average Bonchev–Trinajstić information content (AvgIpc) is 2.37. The van der Waals surface area contributed by atoms with E-state index in [-0.39, 0.29) is 29.3 Å². The van der Waals surface area contributed by atoms with Gasteiger partial charge in [-0.25, -0.2) is 8.78 Å². The van der Waals surface area contributed by atoms with E-state index >= 15 is 0 Å². The minimum absolute atomic E-state index is 0.0532. The van der Waals surface area contributed by atoms with Crippen molar-refractivity contribution in [3.63, 3.8) is 0 Å². The van der Waals surface area contributed by atoms with Crippen LogP contribution in [0, 0.1) is 17.0 Å². The normalized spacial score (nSPS) is 21.9. The molecular formula is C15H20F2N2O. The molecule has 1 heterocycles. The third-order valence-electron chi connectivity index (χ3n) is 4.01. The molecule has 1 aliphatic rings. The molecule has 20 heavy (non-hydrogen) atoms. The summed E-state index contributed by atoms with van der Waals surface area (Å²) in [7, 11) is 0. The molecule has 0 spiro atoms. The van der Waals surface area contributed by atoms with E-state index in [1.54, 1.807) is 4.90 Å². The molecule has 1 saturated heterocycles. The third kappa shape index (κ3) is 3.15. The lowest BCUT2D eigenvalue weighted by molar-refractivity contribution is -0.133. The van der Waals surface area contributed by atoms with Crippen LogP contribution in [0.3, 0.4) is 0 Å². The quantitative estimate of drug-likeness (QED) is 0.903. The second-order valence-electron chi connectivity index (χ2n) is 6.11. The topological polar surface area (TPSA) is 46.3 Å². The van der Waals surface area contributed by atoms with Gasteiger partial charge in [0.2, 0.25) is 5.91 Å². The second kappa shape index (κ2) is 5.48. The summed E-state index contributed by atoms with van der Waals surface area (Å²) in [6.07, 6.45) is 0.610. The van der Waals surface area contributed by atoms with E-state index in [0.29, 0.717) is 13.1 Å². The van der Waals surface area contributed by atoms with Gasteiger partial charge in [0.15, 0.2) is 0 Å². The Labute approximate surface area is 117 Å². The number of nitrogens with zero attached hydrogens (tertiary/aromatic N) is 1. The summed E-state index contributed by atoms with van der Waals surface area (Å²) in [5.74, 6) is -1.27. The molecule has 5 heteroatoms. The van der Waals surface area contributed by atoms with Gasteiger partial charge < -0.3 is 10.6 Å². The minimum Gasteiger partial charge on any atom is -0.342 e. The van der Waals surface area contributed by atoms with Crippen LogP contribution in [0.15, 0.2) is 18.2 Å². The first-order chi connectivity index (χ1) is 9.29. The number of benzene rings is 1. The summed E-state index contributed by atoms with van der Waals surface area (Å²) in [5.41, 5.74) is 5.97. The number of piperidine rings is 1. The average molecular weight is 282 g/mol. The van der Waals surface area contributed by atoms with Gasteiger partial charge in [0.25, 0.3) is 0 Å². The summed E-state index contributed by atoms with van der Waals surface area (Å²) in [5, 5.41) is 0. The van der Waals surface area contributed by atoms with Crippen molar-refractivity contribution in [3.8, 4) is 0 Å². The van der Waals surface area contributed by atoms with Crippen LogP contribution in [0.2, 0.25) is 0 Å². The smallest absolute Gasteiger partial charge is 0.227 e. The summed E-state index contributed by atoms with van der Waals surface area (Å²) in [6.45, 7) is 5.14. The van der Waals surface area contributed by atoms with Crippen molar-refractivity contribution in [1.29, 1.82) is 0 Å². The van der Waals surface area contributed by atoms with Crippen molar-refractivity contribution in [1.82, 2.24) is 4.90 Å². The fraction of sp³-hybridized carbons (Fsp3) is 0.533. The highest BCUT2D eigenvalue weighted by atomic mass is 19.1.